The average Bonchev–Trinajstić information content (AvgIpc) is 3.40. The fraction of sp³-hybridized carbons (Fsp3) is 0.368. The molecule has 2 heterocycles. The Kier molecular flexibility index (Phi) is 3.87. The number of hydrogen-bond donors (Lipinski definition) is 0. The van der Waals surface area contributed by atoms with E-state index in [-0.39, 0.29) is 5.91 Å². The van der Waals surface area contributed by atoms with Crippen molar-refractivity contribution in [2.75, 3.05) is 21.3 Å². The van der Waals surface area contributed by atoms with Crippen LogP contribution >= 0.6 is 19.8 Å². The number of carbonyl (C=O) groups excluding carboxylic acids is 1. The molecule has 0 atom stereocenters. The molecular weight excluding hydrogens is 399 g/mol. The fourth-order valence-electron chi connectivity index (χ4n) is 3.27. The number of pyridine rings is 1. The number of carbonyl (C=O) groups is 1. The van der Waals surface area contributed by atoms with Gasteiger partial charge in [0.05, 0.1) is 0 Å². The molecule has 0 spiro atoms. The van der Waals surface area contributed by atoms with E-state index < -0.39 is 19.8 Å². The molecule has 1 aliphatic heterocycles. The fourth-order valence-corrected chi connectivity index (χ4v) is 5.11. The third-order valence-electron chi connectivity index (χ3n) is 4.73. The zero-order valence-corrected chi connectivity index (χ0v) is 15.7. The Morgan fingerprint density at radius 2 is 2.04 bits per heavy atom. The van der Waals surface area contributed by atoms with Gasteiger partial charge >= 0.3 is 145 Å². The van der Waals surface area contributed by atoms with Crippen LogP contribution in [0, 0.1) is 3.57 Å². The van der Waals surface area contributed by atoms with Crippen molar-refractivity contribution in [3.8, 4) is 0 Å². The third-order valence-corrected chi connectivity index (χ3v) is 7.89. The Bertz CT molecular complexity index is 768. The molecular formula is C19H21IN2O. The first-order chi connectivity index (χ1) is 11.1. The normalized spacial score (nSPS) is 17.9. The topological polar surface area (TPSA) is 33.2 Å². The van der Waals surface area contributed by atoms with Crippen molar-refractivity contribution in [2.24, 2.45) is 0 Å². The summed E-state index contributed by atoms with van der Waals surface area (Å²) < 4.78 is 1.39. The van der Waals surface area contributed by atoms with Crippen LogP contribution in [0.5, 0.6) is 0 Å². The number of halogens is 1. The quantitative estimate of drug-likeness (QED) is 0.554. The first-order valence-electron chi connectivity index (χ1n) is 8.04. The van der Waals surface area contributed by atoms with Crippen LogP contribution in [0.4, 0.5) is 5.69 Å². The van der Waals surface area contributed by atoms with E-state index in [0.717, 1.165) is 24.2 Å². The summed E-state index contributed by atoms with van der Waals surface area (Å²) in [5.41, 5.74) is 4.43. The van der Waals surface area contributed by atoms with Crippen molar-refractivity contribution in [1.29, 1.82) is 0 Å². The number of amides is 1. The second-order valence-electron chi connectivity index (χ2n) is 6.47. The second kappa shape index (κ2) is 5.89. The van der Waals surface area contributed by atoms with Gasteiger partial charge in [0.1, 0.15) is 0 Å². The zero-order valence-electron chi connectivity index (χ0n) is 13.6. The van der Waals surface area contributed by atoms with E-state index in [0.29, 0.717) is 5.92 Å². The van der Waals surface area contributed by atoms with E-state index in [4.69, 9.17) is 0 Å². The summed E-state index contributed by atoms with van der Waals surface area (Å²) in [6.07, 6.45) is 7.13. The molecule has 23 heavy (non-hydrogen) atoms. The van der Waals surface area contributed by atoms with Gasteiger partial charge in [-0.15, -0.1) is 0 Å². The zero-order chi connectivity index (χ0) is 16.0. The number of nitrogens with zero attached hydrogens (tertiary/aromatic N) is 2. The van der Waals surface area contributed by atoms with Crippen molar-refractivity contribution in [1.82, 2.24) is 4.98 Å². The third kappa shape index (κ3) is 2.77. The van der Waals surface area contributed by atoms with Gasteiger partial charge in [0.25, 0.3) is 0 Å². The van der Waals surface area contributed by atoms with Crippen molar-refractivity contribution in [3.63, 3.8) is 0 Å². The Balaban J connectivity index is 1.73. The molecule has 4 rings (SSSR count). The van der Waals surface area contributed by atoms with Crippen LogP contribution < -0.4 is 4.90 Å². The Hall–Kier alpha value is -1.43. The number of anilines is 1. The number of fused-ring (bicyclic) bond motifs is 1. The van der Waals surface area contributed by atoms with Gasteiger partial charge in [0.2, 0.25) is 0 Å². The van der Waals surface area contributed by atoms with Crippen LogP contribution in [0.1, 0.15) is 40.2 Å². The number of hydrogen-bond acceptors (Lipinski definition) is 2. The van der Waals surface area contributed by atoms with Crippen molar-refractivity contribution < 1.29 is 4.79 Å². The molecule has 1 amide bonds. The average molecular weight is 420 g/mol. The minimum atomic E-state index is -1.07. The predicted octanol–water partition coefficient (Wildman–Crippen LogP) is 4.10. The van der Waals surface area contributed by atoms with E-state index in [1.165, 1.54) is 27.5 Å². The molecule has 1 aromatic carbocycles. The van der Waals surface area contributed by atoms with Gasteiger partial charge in [-0.3, -0.25) is 0 Å². The molecule has 0 saturated heterocycles. The van der Waals surface area contributed by atoms with Gasteiger partial charge in [-0.1, -0.05) is 0 Å². The second-order valence-corrected chi connectivity index (χ2v) is 12.0. The van der Waals surface area contributed by atoms with Crippen LogP contribution in [-0.2, 0) is 6.42 Å². The number of aromatic nitrogens is 1. The molecule has 2 aromatic rings. The minimum absolute atomic E-state index is 0.153. The molecule has 3 nitrogen and oxygen atoms in total. The van der Waals surface area contributed by atoms with Gasteiger partial charge in [0.15, 0.2) is 0 Å². The SMILES string of the molecule is CI(C)c1ccc2c(c1)C(=O)N(c1cnccc1C1CC1)CC2. The summed E-state index contributed by atoms with van der Waals surface area (Å²) in [5.74, 6) is 0.776. The molecule has 1 saturated carbocycles. The Morgan fingerprint density at radius 1 is 1.22 bits per heavy atom. The monoisotopic (exact) mass is 420 g/mol. The van der Waals surface area contributed by atoms with Gasteiger partial charge in [-0.25, -0.2) is 0 Å². The Labute approximate surface area is 144 Å². The molecule has 4 heteroatoms. The number of alkyl halides is 2. The summed E-state index contributed by atoms with van der Waals surface area (Å²) in [6, 6.07) is 8.64. The van der Waals surface area contributed by atoms with E-state index in [1.807, 2.05) is 17.3 Å². The van der Waals surface area contributed by atoms with Gasteiger partial charge in [0, 0.05) is 0 Å². The van der Waals surface area contributed by atoms with Gasteiger partial charge in [-0.05, 0) is 0 Å². The molecule has 0 N–H and O–H groups in total. The predicted molar refractivity (Wildman–Crippen MR) is 103 cm³/mol. The number of rotatable bonds is 3. The molecule has 0 unspecified atom stereocenters. The molecule has 1 fully saturated rings. The number of benzene rings is 1. The van der Waals surface area contributed by atoms with E-state index in [9.17, 15) is 4.79 Å². The van der Waals surface area contributed by atoms with Crippen molar-refractivity contribution in [2.45, 2.75) is 25.2 Å². The Morgan fingerprint density at radius 3 is 2.78 bits per heavy atom. The van der Waals surface area contributed by atoms with E-state index in [2.05, 4.69) is 39.1 Å². The maximum atomic E-state index is 13.1. The van der Waals surface area contributed by atoms with E-state index in [1.54, 1.807) is 0 Å². The van der Waals surface area contributed by atoms with E-state index >= 15 is 0 Å². The summed E-state index contributed by atoms with van der Waals surface area (Å²) in [7, 11) is 0. The summed E-state index contributed by atoms with van der Waals surface area (Å²) >= 11 is -1.07. The molecule has 1 aliphatic carbocycles. The molecule has 1 aromatic heterocycles. The van der Waals surface area contributed by atoms with Crippen molar-refractivity contribution in [3.05, 3.63) is 56.9 Å². The van der Waals surface area contributed by atoms with Crippen LogP contribution in [-0.4, -0.2) is 27.3 Å². The molecule has 2 aliphatic rings. The standard InChI is InChI=1S/C19H21IN2O/c1-20(2)15-6-5-14-8-10-22(19(23)17(14)11-15)18-12-21-9-7-16(18)13-3-4-13/h5-7,9,11-13H,3-4,8,10H2,1-2H3. The first kappa shape index (κ1) is 15.1. The summed E-state index contributed by atoms with van der Waals surface area (Å²) in [4.78, 5) is 24.0. The molecule has 120 valence electrons. The van der Waals surface area contributed by atoms with Crippen LogP contribution in [0.25, 0.3) is 0 Å². The van der Waals surface area contributed by atoms with Crippen molar-refractivity contribution >= 4 is 31.4 Å². The molecule has 0 bridgehead atoms. The first-order valence-corrected chi connectivity index (χ1v) is 13.4. The van der Waals surface area contributed by atoms with Crippen LogP contribution in [0.2, 0.25) is 0 Å². The molecule has 0 radical (unpaired) electrons. The van der Waals surface area contributed by atoms with Crippen LogP contribution in [0.3, 0.4) is 0 Å². The summed E-state index contributed by atoms with van der Waals surface area (Å²) in [6.45, 7) is 0.761. The van der Waals surface area contributed by atoms with Gasteiger partial charge < -0.3 is 0 Å². The summed E-state index contributed by atoms with van der Waals surface area (Å²) in [5, 5.41) is 0. The van der Waals surface area contributed by atoms with Crippen LogP contribution in [0.15, 0.2) is 36.7 Å². The maximum absolute atomic E-state index is 13.1. The van der Waals surface area contributed by atoms with Gasteiger partial charge in [-0.2, -0.15) is 0 Å².